The van der Waals surface area contributed by atoms with Gasteiger partial charge in [0.2, 0.25) is 0 Å². The third-order valence-corrected chi connectivity index (χ3v) is 4.83. The molecule has 0 aliphatic rings. The van der Waals surface area contributed by atoms with E-state index in [2.05, 4.69) is 51.5 Å². The topological polar surface area (TPSA) is 41.1 Å². The van der Waals surface area contributed by atoms with E-state index >= 15 is 0 Å². The molecule has 1 aromatic carbocycles. The lowest BCUT2D eigenvalue weighted by atomic mass is 10.1. The van der Waals surface area contributed by atoms with Crippen LogP contribution >= 0.6 is 27.3 Å². The summed E-state index contributed by atoms with van der Waals surface area (Å²) in [5.74, 6) is -0.0864. The molecule has 0 aliphatic heterocycles. The van der Waals surface area contributed by atoms with E-state index in [4.69, 9.17) is 0 Å². The third-order valence-electron chi connectivity index (χ3n) is 2.95. The van der Waals surface area contributed by atoms with Gasteiger partial charge in [-0.05, 0) is 53.2 Å². The lowest BCUT2D eigenvalue weighted by Crippen LogP contribution is -2.23. The van der Waals surface area contributed by atoms with Gasteiger partial charge in [0.25, 0.3) is 5.91 Å². The Morgan fingerprint density at radius 2 is 2.14 bits per heavy atom. The Morgan fingerprint density at radius 3 is 2.71 bits per heavy atom. The fourth-order valence-corrected chi connectivity index (χ4v) is 3.31. The Kier molecular flexibility index (Phi) is 5.59. The zero-order valence-electron chi connectivity index (χ0n) is 11.7. The summed E-state index contributed by atoms with van der Waals surface area (Å²) < 4.78 is 1.10. The predicted molar refractivity (Wildman–Crippen MR) is 93.0 cm³/mol. The maximum atomic E-state index is 11.8. The fraction of sp³-hybridized carbons (Fsp3) is 0.188. The van der Waals surface area contributed by atoms with Crippen LogP contribution in [0.3, 0.4) is 0 Å². The summed E-state index contributed by atoms with van der Waals surface area (Å²) in [5, 5.41) is 8.25. The van der Waals surface area contributed by atoms with Gasteiger partial charge >= 0.3 is 0 Å². The van der Waals surface area contributed by atoms with Crippen LogP contribution in [0.1, 0.15) is 28.2 Å². The highest BCUT2D eigenvalue weighted by atomic mass is 79.9. The van der Waals surface area contributed by atoms with Gasteiger partial charge in [-0.2, -0.15) is 0 Å². The van der Waals surface area contributed by atoms with Crippen molar-refractivity contribution in [3.63, 3.8) is 0 Å². The van der Waals surface area contributed by atoms with E-state index in [1.807, 2.05) is 24.3 Å². The first-order chi connectivity index (χ1) is 10.1. The molecule has 0 bridgehead atoms. The summed E-state index contributed by atoms with van der Waals surface area (Å²) in [7, 11) is 0. The van der Waals surface area contributed by atoms with Gasteiger partial charge in [0.05, 0.1) is 6.04 Å². The van der Waals surface area contributed by atoms with Crippen molar-refractivity contribution in [1.29, 1.82) is 0 Å². The first-order valence-electron chi connectivity index (χ1n) is 6.60. The van der Waals surface area contributed by atoms with Crippen molar-refractivity contribution in [3.05, 3.63) is 63.3 Å². The number of anilines is 1. The van der Waals surface area contributed by atoms with Crippen LogP contribution in [0, 0.1) is 0 Å². The third kappa shape index (κ3) is 4.44. The molecular formula is C16H17BrN2OS. The molecule has 2 N–H and O–H groups in total. The van der Waals surface area contributed by atoms with Gasteiger partial charge in [-0.1, -0.05) is 6.08 Å². The Morgan fingerprint density at radius 1 is 1.43 bits per heavy atom. The minimum atomic E-state index is -0.0864. The highest BCUT2D eigenvalue weighted by Crippen LogP contribution is 2.27. The van der Waals surface area contributed by atoms with Gasteiger partial charge in [0, 0.05) is 32.5 Å². The zero-order valence-corrected chi connectivity index (χ0v) is 14.1. The van der Waals surface area contributed by atoms with Crippen molar-refractivity contribution in [2.75, 3.05) is 11.9 Å². The lowest BCUT2D eigenvalue weighted by molar-refractivity contribution is 0.0958. The molecule has 1 aromatic heterocycles. The molecular weight excluding hydrogens is 348 g/mol. The van der Waals surface area contributed by atoms with Crippen LogP contribution in [0.2, 0.25) is 0 Å². The summed E-state index contributed by atoms with van der Waals surface area (Å²) in [4.78, 5) is 13.0. The number of nitrogens with one attached hydrogen (secondary N) is 2. The molecule has 1 unspecified atom stereocenters. The van der Waals surface area contributed by atoms with Gasteiger partial charge in [-0.25, -0.2) is 0 Å². The maximum absolute atomic E-state index is 11.8. The van der Waals surface area contributed by atoms with Crippen LogP contribution < -0.4 is 10.6 Å². The number of carbonyl (C=O) groups is 1. The predicted octanol–water partition coefficient (Wildman–Crippen LogP) is 4.60. The molecule has 1 heterocycles. The minimum absolute atomic E-state index is 0.0864. The van der Waals surface area contributed by atoms with Crippen LogP contribution in [-0.2, 0) is 0 Å². The van der Waals surface area contributed by atoms with Crippen LogP contribution in [0.15, 0.2) is 52.8 Å². The molecule has 0 saturated carbocycles. The largest absolute Gasteiger partial charge is 0.378 e. The van der Waals surface area contributed by atoms with Crippen molar-refractivity contribution in [3.8, 4) is 0 Å². The second-order valence-electron chi connectivity index (χ2n) is 4.61. The SMILES string of the molecule is C=CCNC(=O)c1ccc(NC(C)c2cc(Br)cs2)cc1. The molecule has 0 radical (unpaired) electrons. The first-order valence-corrected chi connectivity index (χ1v) is 8.27. The van der Waals surface area contributed by atoms with Gasteiger partial charge in [-0.3, -0.25) is 4.79 Å². The van der Waals surface area contributed by atoms with Crippen LogP contribution in [0.4, 0.5) is 5.69 Å². The number of hydrogen-bond acceptors (Lipinski definition) is 3. The summed E-state index contributed by atoms with van der Waals surface area (Å²) in [5.41, 5.74) is 1.64. The van der Waals surface area contributed by atoms with E-state index in [0.717, 1.165) is 10.2 Å². The van der Waals surface area contributed by atoms with E-state index in [0.29, 0.717) is 12.1 Å². The molecule has 0 fully saturated rings. The molecule has 110 valence electrons. The number of hydrogen-bond donors (Lipinski definition) is 2. The van der Waals surface area contributed by atoms with Gasteiger partial charge in [0.1, 0.15) is 0 Å². The van der Waals surface area contributed by atoms with Gasteiger partial charge < -0.3 is 10.6 Å². The number of carbonyl (C=O) groups excluding carboxylic acids is 1. The second-order valence-corrected chi connectivity index (χ2v) is 6.47. The fourth-order valence-electron chi connectivity index (χ4n) is 1.86. The Hall–Kier alpha value is -1.59. The molecule has 21 heavy (non-hydrogen) atoms. The smallest absolute Gasteiger partial charge is 0.251 e. The molecule has 1 amide bonds. The Labute approximate surface area is 137 Å². The maximum Gasteiger partial charge on any atom is 0.251 e. The lowest BCUT2D eigenvalue weighted by Gasteiger charge is -2.14. The van der Waals surface area contributed by atoms with E-state index in [1.54, 1.807) is 17.4 Å². The second kappa shape index (κ2) is 7.43. The minimum Gasteiger partial charge on any atom is -0.378 e. The van der Waals surface area contributed by atoms with Crippen molar-refractivity contribution in [2.45, 2.75) is 13.0 Å². The summed E-state index contributed by atoms with van der Waals surface area (Å²) in [6.45, 7) is 6.17. The van der Waals surface area contributed by atoms with Gasteiger partial charge in [0.15, 0.2) is 0 Å². The molecule has 2 aromatic rings. The van der Waals surface area contributed by atoms with Crippen LogP contribution in [0.5, 0.6) is 0 Å². The van der Waals surface area contributed by atoms with E-state index in [-0.39, 0.29) is 11.9 Å². The van der Waals surface area contributed by atoms with Crippen molar-refractivity contribution in [2.24, 2.45) is 0 Å². The van der Waals surface area contributed by atoms with E-state index < -0.39 is 0 Å². The molecule has 0 aliphatic carbocycles. The average molecular weight is 365 g/mol. The number of amides is 1. The summed E-state index contributed by atoms with van der Waals surface area (Å²) >= 11 is 5.17. The number of benzene rings is 1. The van der Waals surface area contributed by atoms with E-state index in [1.165, 1.54) is 4.88 Å². The first kappa shape index (κ1) is 15.8. The molecule has 0 spiro atoms. The Balaban J connectivity index is 1.99. The van der Waals surface area contributed by atoms with Crippen LogP contribution in [0.25, 0.3) is 0 Å². The highest BCUT2D eigenvalue weighted by Gasteiger charge is 2.09. The molecule has 0 saturated heterocycles. The average Bonchev–Trinajstić information content (AvgIpc) is 2.92. The van der Waals surface area contributed by atoms with Crippen molar-refractivity contribution >= 4 is 38.9 Å². The van der Waals surface area contributed by atoms with Crippen LogP contribution in [-0.4, -0.2) is 12.5 Å². The molecule has 5 heteroatoms. The number of thiophene rings is 1. The molecule has 1 atom stereocenters. The summed E-state index contributed by atoms with van der Waals surface area (Å²) in [6.07, 6.45) is 1.66. The normalized spacial score (nSPS) is 11.7. The number of rotatable bonds is 6. The number of halogens is 1. The van der Waals surface area contributed by atoms with Crippen molar-refractivity contribution in [1.82, 2.24) is 5.32 Å². The molecule has 3 nitrogen and oxygen atoms in total. The zero-order chi connectivity index (χ0) is 15.2. The quantitative estimate of drug-likeness (QED) is 0.735. The molecule has 2 rings (SSSR count). The van der Waals surface area contributed by atoms with Gasteiger partial charge in [-0.15, -0.1) is 17.9 Å². The standard InChI is InChI=1S/C16H17BrN2OS/c1-3-8-18-16(20)12-4-6-14(7-5-12)19-11(2)15-9-13(17)10-21-15/h3-7,9-11,19H,1,8H2,2H3,(H,18,20). The summed E-state index contributed by atoms with van der Waals surface area (Å²) in [6, 6.07) is 9.81. The Bertz CT molecular complexity index is 621. The highest BCUT2D eigenvalue weighted by molar-refractivity contribution is 9.10. The van der Waals surface area contributed by atoms with E-state index in [9.17, 15) is 4.79 Å². The monoisotopic (exact) mass is 364 g/mol. The van der Waals surface area contributed by atoms with Crippen molar-refractivity contribution < 1.29 is 4.79 Å².